The van der Waals surface area contributed by atoms with Gasteiger partial charge in [-0.15, -0.1) is 0 Å². The fourth-order valence-corrected chi connectivity index (χ4v) is 3.36. The van der Waals surface area contributed by atoms with Crippen LogP contribution in [-0.4, -0.2) is 17.9 Å². The van der Waals surface area contributed by atoms with E-state index in [0.29, 0.717) is 23.0 Å². The average Bonchev–Trinajstić information content (AvgIpc) is 3.51. The molecule has 0 fully saturated rings. The zero-order valence-electron chi connectivity index (χ0n) is 17.1. The molecule has 0 aliphatic heterocycles. The summed E-state index contributed by atoms with van der Waals surface area (Å²) in [6.07, 6.45) is 1.75. The summed E-state index contributed by atoms with van der Waals surface area (Å²) in [4.78, 5) is 25.4. The summed E-state index contributed by atoms with van der Waals surface area (Å²) in [5.74, 6) is 0.652. The normalized spacial score (nSPS) is 11.7. The molecule has 2 aromatic heterocycles. The number of furan rings is 2. The number of carbonyl (C=O) groups is 2. The summed E-state index contributed by atoms with van der Waals surface area (Å²) >= 11 is 5.93. The number of benzene rings is 2. The lowest BCUT2D eigenvalue weighted by atomic mass is 10.0. The van der Waals surface area contributed by atoms with Gasteiger partial charge in [0.25, 0.3) is 5.91 Å². The molecule has 32 heavy (non-hydrogen) atoms. The van der Waals surface area contributed by atoms with Crippen molar-refractivity contribution < 1.29 is 18.4 Å². The smallest absolute Gasteiger partial charge is 0.287 e. The van der Waals surface area contributed by atoms with Crippen molar-refractivity contribution in [1.29, 1.82) is 0 Å². The molecule has 0 saturated carbocycles. The second kappa shape index (κ2) is 10.0. The molecule has 1 unspecified atom stereocenters. The lowest BCUT2D eigenvalue weighted by Crippen LogP contribution is -2.47. The van der Waals surface area contributed by atoms with Gasteiger partial charge in [-0.2, -0.15) is 0 Å². The van der Waals surface area contributed by atoms with E-state index in [1.165, 1.54) is 6.26 Å². The van der Waals surface area contributed by atoms with E-state index in [4.69, 9.17) is 20.4 Å². The summed E-state index contributed by atoms with van der Waals surface area (Å²) in [6, 6.07) is 22.8. The van der Waals surface area contributed by atoms with Gasteiger partial charge in [0.2, 0.25) is 5.91 Å². The van der Waals surface area contributed by atoms with Crippen LogP contribution < -0.4 is 10.6 Å². The highest BCUT2D eigenvalue weighted by atomic mass is 35.5. The molecule has 0 aliphatic rings. The molecule has 2 heterocycles. The SMILES string of the molecule is O=C(NC(Cc1ccccc1)C(=O)NCc1ccc(-c2ccc(Cl)cc2)o1)c1ccco1. The molecule has 162 valence electrons. The molecule has 4 aromatic rings. The molecule has 0 saturated heterocycles. The van der Waals surface area contributed by atoms with Crippen LogP contribution in [0.25, 0.3) is 11.3 Å². The molecule has 0 spiro atoms. The lowest BCUT2D eigenvalue weighted by Gasteiger charge is -2.18. The third-order valence-electron chi connectivity index (χ3n) is 4.88. The Labute approximate surface area is 190 Å². The first-order valence-corrected chi connectivity index (χ1v) is 10.5. The van der Waals surface area contributed by atoms with E-state index in [1.807, 2.05) is 48.5 Å². The average molecular weight is 449 g/mol. The Morgan fingerprint density at radius 3 is 2.41 bits per heavy atom. The Morgan fingerprint density at radius 1 is 0.906 bits per heavy atom. The van der Waals surface area contributed by atoms with Crippen LogP contribution in [0, 0.1) is 0 Å². The van der Waals surface area contributed by atoms with Crippen molar-refractivity contribution in [3.05, 3.63) is 107 Å². The molecule has 0 radical (unpaired) electrons. The van der Waals surface area contributed by atoms with E-state index in [9.17, 15) is 9.59 Å². The van der Waals surface area contributed by atoms with Crippen LogP contribution in [0.3, 0.4) is 0 Å². The predicted molar refractivity (Wildman–Crippen MR) is 121 cm³/mol. The largest absolute Gasteiger partial charge is 0.459 e. The molecular weight excluding hydrogens is 428 g/mol. The van der Waals surface area contributed by atoms with Gasteiger partial charge in [-0.25, -0.2) is 0 Å². The maximum Gasteiger partial charge on any atom is 0.287 e. The van der Waals surface area contributed by atoms with Crippen LogP contribution in [0.2, 0.25) is 5.02 Å². The van der Waals surface area contributed by atoms with Crippen molar-refractivity contribution in [3.8, 4) is 11.3 Å². The third kappa shape index (κ3) is 5.47. The molecule has 7 heteroatoms. The summed E-state index contributed by atoms with van der Waals surface area (Å²) in [7, 11) is 0. The van der Waals surface area contributed by atoms with E-state index < -0.39 is 11.9 Å². The van der Waals surface area contributed by atoms with Gasteiger partial charge >= 0.3 is 0 Å². The van der Waals surface area contributed by atoms with Gasteiger partial charge in [0.05, 0.1) is 12.8 Å². The fraction of sp³-hybridized carbons (Fsp3) is 0.120. The molecule has 4 rings (SSSR count). The van der Waals surface area contributed by atoms with E-state index in [1.54, 1.807) is 30.3 Å². The Morgan fingerprint density at radius 2 is 1.69 bits per heavy atom. The van der Waals surface area contributed by atoms with Gasteiger partial charge < -0.3 is 19.5 Å². The molecule has 2 amide bonds. The van der Waals surface area contributed by atoms with Gasteiger partial charge in [0.15, 0.2) is 5.76 Å². The first kappa shape index (κ1) is 21.5. The molecular formula is C25H21ClN2O4. The van der Waals surface area contributed by atoms with Gasteiger partial charge in [-0.3, -0.25) is 9.59 Å². The minimum atomic E-state index is -0.777. The van der Waals surface area contributed by atoms with Crippen LogP contribution in [0.4, 0.5) is 0 Å². The van der Waals surface area contributed by atoms with Crippen LogP contribution in [0.5, 0.6) is 0 Å². The third-order valence-corrected chi connectivity index (χ3v) is 5.13. The minimum absolute atomic E-state index is 0.148. The Hall–Kier alpha value is -3.77. The number of nitrogens with one attached hydrogen (secondary N) is 2. The van der Waals surface area contributed by atoms with Crippen molar-refractivity contribution in [1.82, 2.24) is 10.6 Å². The van der Waals surface area contributed by atoms with Crippen LogP contribution in [0.15, 0.2) is 94.0 Å². The summed E-state index contributed by atoms with van der Waals surface area (Å²) in [5, 5.41) is 6.24. The minimum Gasteiger partial charge on any atom is -0.459 e. The maximum absolute atomic E-state index is 12.9. The number of halogens is 1. The predicted octanol–water partition coefficient (Wildman–Crippen LogP) is 4.85. The molecule has 1 atom stereocenters. The van der Waals surface area contributed by atoms with Crippen molar-refractivity contribution in [2.75, 3.05) is 0 Å². The Bertz CT molecular complexity index is 1170. The van der Waals surface area contributed by atoms with Crippen molar-refractivity contribution in [2.24, 2.45) is 0 Å². The van der Waals surface area contributed by atoms with Crippen molar-refractivity contribution in [3.63, 3.8) is 0 Å². The highest BCUT2D eigenvalue weighted by molar-refractivity contribution is 6.30. The summed E-state index contributed by atoms with van der Waals surface area (Å²) in [6.45, 7) is 0.189. The number of amides is 2. The topological polar surface area (TPSA) is 84.5 Å². The summed E-state index contributed by atoms with van der Waals surface area (Å²) < 4.78 is 11.0. The lowest BCUT2D eigenvalue weighted by molar-refractivity contribution is -0.123. The van der Waals surface area contributed by atoms with Crippen molar-refractivity contribution >= 4 is 23.4 Å². The molecule has 0 bridgehead atoms. The monoisotopic (exact) mass is 448 g/mol. The van der Waals surface area contributed by atoms with Gasteiger partial charge in [-0.05, 0) is 54.1 Å². The molecule has 2 aromatic carbocycles. The maximum atomic E-state index is 12.9. The van der Waals surface area contributed by atoms with Crippen LogP contribution in [0.1, 0.15) is 21.9 Å². The molecule has 2 N–H and O–H groups in total. The summed E-state index contributed by atoms with van der Waals surface area (Å²) in [5.41, 5.74) is 1.81. The van der Waals surface area contributed by atoms with E-state index in [0.717, 1.165) is 11.1 Å². The Kier molecular flexibility index (Phi) is 6.72. The van der Waals surface area contributed by atoms with Gasteiger partial charge in [0.1, 0.15) is 17.6 Å². The van der Waals surface area contributed by atoms with E-state index in [2.05, 4.69) is 10.6 Å². The molecule has 6 nitrogen and oxygen atoms in total. The highest BCUT2D eigenvalue weighted by Crippen LogP contribution is 2.23. The zero-order valence-corrected chi connectivity index (χ0v) is 17.8. The second-order valence-electron chi connectivity index (χ2n) is 7.18. The number of rotatable bonds is 8. The first-order chi connectivity index (χ1) is 15.6. The van der Waals surface area contributed by atoms with Crippen LogP contribution in [-0.2, 0) is 17.8 Å². The fourth-order valence-electron chi connectivity index (χ4n) is 3.24. The number of carbonyl (C=O) groups excluding carboxylic acids is 2. The van der Waals surface area contributed by atoms with Crippen molar-refractivity contribution in [2.45, 2.75) is 19.0 Å². The van der Waals surface area contributed by atoms with Gasteiger partial charge in [0, 0.05) is 17.0 Å². The second-order valence-corrected chi connectivity index (χ2v) is 7.62. The Balaban J connectivity index is 1.42. The first-order valence-electron chi connectivity index (χ1n) is 10.1. The van der Waals surface area contributed by atoms with E-state index in [-0.39, 0.29) is 18.2 Å². The standard InChI is InChI=1S/C25H21ClN2O4/c26-19-10-8-18(9-11-19)22-13-12-20(32-22)16-27-24(29)21(15-17-5-2-1-3-6-17)28-25(30)23-7-4-14-31-23/h1-14,21H,15-16H2,(H,27,29)(H,28,30). The quantitative estimate of drug-likeness (QED) is 0.403. The number of hydrogen-bond donors (Lipinski definition) is 2. The van der Waals surface area contributed by atoms with Crippen LogP contribution >= 0.6 is 11.6 Å². The van der Waals surface area contributed by atoms with E-state index >= 15 is 0 Å². The number of hydrogen-bond acceptors (Lipinski definition) is 4. The zero-order chi connectivity index (χ0) is 22.3. The highest BCUT2D eigenvalue weighted by Gasteiger charge is 2.23. The van der Waals surface area contributed by atoms with Gasteiger partial charge in [-0.1, -0.05) is 41.9 Å². The molecule has 0 aliphatic carbocycles.